The number of hydrogen-bond donors (Lipinski definition) is 2. The second kappa shape index (κ2) is 8.04. The molecule has 0 spiro atoms. The molecule has 1 aromatic rings. The van der Waals surface area contributed by atoms with E-state index in [9.17, 15) is 9.59 Å². The molecular formula is C12H22N4O2S. The molecule has 0 atom stereocenters. The highest BCUT2D eigenvalue weighted by Crippen LogP contribution is 2.13. The third-order valence-electron chi connectivity index (χ3n) is 2.50. The van der Waals surface area contributed by atoms with Crippen LogP contribution in [-0.2, 0) is 11.3 Å². The normalized spacial score (nSPS) is 10.9. The summed E-state index contributed by atoms with van der Waals surface area (Å²) in [7, 11) is 0. The van der Waals surface area contributed by atoms with Gasteiger partial charge in [0.05, 0.1) is 5.75 Å². The third-order valence-corrected chi connectivity index (χ3v) is 3.47. The van der Waals surface area contributed by atoms with Crippen molar-refractivity contribution in [2.75, 3.05) is 12.3 Å². The lowest BCUT2D eigenvalue weighted by Gasteiger charge is -2.07. The number of aromatic amines is 1. The van der Waals surface area contributed by atoms with Crippen LogP contribution in [0.4, 0.5) is 0 Å². The Labute approximate surface area is 117 Å². The van der Waals surface area contributed by atoms with Crippen molar-refractivity contribution in [3.8, 4) is 0 Å². The molecule has 0 aliphatic heterocycles. The molecule has 0 fully saturated rings. The summed E-state index contributed by atoms with van der Waals surface area (Å²) >= 11 is 1.29. The first-order valence-electron chi connectivity index (χ1n) is 6.59. The van der Waals surface area contributed by atoms with E-state index in [1.54, 1.807) is 4.57 Å². The van der Waals surface area contributed by atoms with Gasteiger partial charge in [-0.05, 0) is 12.3 Å². The SMILES string of the molecule is CCCCn1c(SCC(=O)NCC(C)C)n[nH]c1=O. The van der Waals surface area contributed by atoms with Crippen molar-refractivity contribution in [1.29, 1.82) is 0 Å². The fourth-order valence-electron chi connectivity index (χ4n) is 1.43. The second-order valence-electron chi connectivity index (χ2n) is 4.80. The van der Waals surface area contributed by atoms with Crippen LogP contribution < -0.4 is 11.0 Å². The molecule has 1 rings (SSSR count). The molecule has 0 unspecified atom stereocenters. The topological polar surface area (TPSA) is 79.8 Å². The summed E-state index contributed by atoms with van der Waals surface area (Å²) in [6, 6.07) is 0. The smallest absolute Gasteiger partial charge is 0.343 e. The van der Waals surface area contributed by atoms with Gasteiger partial charge < -0.3 is 5.32 Å². The highest BCUT2D eigenvalue weighted by Gasteiger charge is 2.10. The summed E-state index contributed by atoms with van der Waals surface area (Å²) in [4.78, 5) is 23.1. The van der Waals surface area contributed by atoms with E-state index in [-0.39, 0.29) is 17.3 Å². The second-order valence-corrected chi connectivity index (χ2v) is 5.75. The maximum absolute atomic E-state index is 11.6. The Morgan fingerprint density at radius 1 is 1.53 bits per heavy atom. The maximum atomic E-state index is 11.6. The Morgan fingerprint density at radius 2 is 2.26 bits per heavy atom. The van der Waals surface area contributed by atoms with Gasteiger partial charge in [-0.2, -0.15) is 0 Å². The van der Waals surface area contributed by atoms with Crippen LogP contribution in [0.2, 0.25) is 0 Å². The average molecular weight is 286 g/mol. The first-order valence-corrected chi connectivity index (χ1v) is 7.57. The number of carbonyl (C=O) groups excluding carboxylic acids is 1. The van der Waals surface area contributed by atoms with E-state index in [4.69, 9.17) is 0 Å². The summed E-state index contributed by atoms with van der Waals surface area (Å²) < 4.78 is 1.59. The molecule has 0 aliphatic carbocycles. The molecule has 108 valence electrons. The van der Waals surface area contributed by atoms with E-state index in [2.05, 4.69) is 22.4 Å². The Morgan fingerprint density at radius 3 is 2.89 bits per heavy atom. The average Bonchev–Trinajstić information content (AvgIpc) is 2.72. The molecule has 0 saturated heterocycles. The van der Waals surface area contributed by atoms with Gasteiger partial charge in [0.15, 0.2) is 5.16 Å². The lowest BCUT2D eigenvalue weighted by molar-refractivity contribution is -0.118. The molecule has 0 bridgehead atoms. The van der Waals surface area contributed by atoms with Crippen LogP contribution in [0.1, 0.15) is 33.6 Å². The number of H-pyrrole nitrogens is 1. The minimum Gasteiger partial charge on any atom is -0.355 e. The van der Waals surface area contributed by atoms with Gasteiger partial charge in [-0.15, -0.1) is 5.10 Å². The molecule has 2 N–H and O–H groups in total. The van der Waals surface area contributed by atoms with Crippen molar-refractivity contribution in [3.05, 3.63) is 10.5 Å². The third kappa shape index (κ3) is 5.50. The molecule has 1 aromatic heterocycles. The van der Waals surface area contributed by atoms with Gasteiger partial charge in [-0.3, -0.25) is 9.36 Å². The van der Waals surface area contributed by atoms with Crippen LogP contribution in [0.3, 0.4) is 0 Å². The highest BCUT2D eigenvalue weighted by molar-refractivity contribution is 7.99. The number of amides is 1. The van der Waals surface area contributed by atoms with Gasteiger partial charge in [-0.25, -0.2) is 9.89 Å². The zero-order valence-corrected chi connectivity index (χ0v) is 12.5. The van der Waals surface area contributed by atoms with Crippen LogP contribution in [0.25, 0.3) is 0 Å². The number of thioether (sulfide) groups is 1. The standard InChI is InChI=1S/C12H22N4O2S/c1-4-5-6-16-11(18)14-15-12(16)19-8-10(17)13-7-9(2)3/h9H,4-8H2,1-3H3,(H,13,17)(H,14,18). The minimum atomic E-state index is -0.210. The number of nitrogens with one attached hydrogen (secondary N) is 2. The van der Waals surface area contributed by atoms with E-state index >= 15 is 0 Å². The molecule has 1 heterocycles. The first kappa shape index (κ1) is 15.8. The highest BCUT2D eigenvalue weighted by atomic mass is 32.2. The van der Waals surface area contributed by atoms with Gasteiger partial charge in [0.1, 0.15) is 0 Å². The molecule has 0 radical (unpaired) electrons. The fraction of sp³-hybridized carbons (Fsp3) is 0.750. The zero-order chi connectivity index (χ0) is 14.3. The summed E-state index contributed by atoms with van der Waals surface area (Å²) in [6.45, 7) is 7.47. The maximum Gasteiger partial charge on any atom is 0.343 e. The van der Waals surface area contributed by atoms with Crippen LogP contribution >= 0.6 is 11.8 Å². The molecule has 19 heavy (non-hydrogen) atoms. The van der Waals surface area contributed by atoms with Gasteiger partial charge in [-0.1, -0.05) is 39.0 Å². The molecule has 0 aromatic carbocycles. The Bertz CT molecular complexity index is 453. The summed E-state index contributed by atoms with van der Waals surface area (Å²) in [5.41, 5.74) is -0.210. The van der Waals surface area contributed by atoms with Gasteiger partial charge in [0, 0.05) is 13.1 Å². The number of hydrogen-bond acceptors (Lipinski definition) is 4. The predicted octanol–water partition coefficient (Wildman–Crippen LogP) is 1.24. The number of rotatable bonds is 8. The van der Waals surface area contributed by atoms with E-state index < -0.39 is 0 Å². The lowest BCUT2D eigenvalue weighted by Crippen LogP contribution is -2.29. The number of aromatic nitrogens is 3. The van der Waals surface area contributed by atoms with E-state index in [0.29, 0.717) is 24.2 Å². The van der Waals surface area contributed by atoms with Crippen molar-refractivity contribution >= 4 is 17.7 Å². The van der Waals surface area contributed by atoms with Crippen molar-refractivity contribution < 1.29 is 4.79 Å². The minimum absolute atomic E-state index is 0.0313. The molecule has 6 nitrogen and oxygen atoms in total. The monoisotopic (exact) mass is 286 g/mol. The Balaban J connectivity index is 2.48. The largest absolute Gasteiger partial charge is 0.355 e. The Kier molecular flexibility index (Phi) is 6.69. The molecular weight excluding hydrogens is 264 g/mol. The van der Waals surface area contributed by atoms with Crippen molar-refractivity contribution in [2.24, 2.45) is 5.92 Å². The van der Waals surface area contributed by atoms with Crippen LogP contribution in [0.5, 0.6) is 0 Å². The van der Waals surface area contributed by atoms with Crippen LogP contribution in [0.15, 0.2) is 9.95 Å². The number of carbonyl (C=O) groups is 1. The molecule has 1 amide bonds. The molecule has 0 aliphatic rings. The van der Waals surface area contributed by atoms with E-state index in [1.165, 1.54) is 11.8 Å². The quantitative estimate of drug-likeness (QED) is 0.705. The summed E-state index contributed by atoms with van der Waals surface area (Å²) in [5, 5.41) is 9.79. The van der Waals surface area contributed by atoms with Crippen molar-refractivity contribution in [2.45, 2.75) is 45.3 Å². The summed E-state index contributed by atoms with van der Waals surface area (Å²) in [5.74, 6) is 0.682. The number of nitrogens with zero attached hydrogens (tertiary/aromatic N) is 2. The predicted molar refractivity (Wildman–Crippen MR) is 76.3 cm³/mol. The van der Waals surface area contributed by atoms with Crippen molar-refractivity contribution in [1.82, 2.24) is 20.1 Å². The fourth-order valence-corrected chi connectivity index (χ4v) is 2.23. The molecule has 7 heteroatoms. The lowest BCUT2D eigenvalue weighted by atomic mass is 10.2. The zero-order valence-electron chi connectivity index (χ0n) is 11.7. The van der Waals surface area contributed by atoms with Crippen LogP contribution in [0, 0.1) is 5.92 Å². The van der Waals surface area contributed by atoms with Gasteiger partial charge >= 0.3 is 5.69 Å². The first-order chi connectivity index (χ1) is 9.04. The van der Waals surface area contributed by atoms with Gasteiger partial charge in [0.2, 0.25) is 5.91 Å². The number of unbranched alkanes of at least 4 members (excludes halogenated alkanes) is 1. The van der Waals surface area contributed by atoms with Crippen molar-refractivity contribution in [3.63, 3.8) is 0 Å². The van der Waals surface area contributed by atoms with Crippen LogP contribution in [-0.4, -0.2) is 33.0 Å². The van der Waals surface area contributed by atoms with E-state index in [0.717, 1.165) is 12.8 Å². The Hall–Kier alpha value is -1.24. The summed E-state index contributed by atoms with van der Waals surface area (Å²) in [6.07, 6.45) is 1.93. The van der Waals surface area contributed by atoms with Gasteiger partial charge in [0.25, 0.3) is 0 Å². The van der Waals surface area contributed by atoms with E-state index in [1.807, 2.05) is 13.8 Å². The molecule has 0 saturated carbocycles.